The van der Waals surface area contributed by atoms with Crippen molar-refractivity contribution in [3.63, 3.8) is 0 Å². The van der Waals surface area contributed by atoms with Crippen LogP contribution in [0.3, 0.4) is 0 Å². The predicted octanol–water partition coefficient (Wildman–Crippen LogP) is 4.34. The van der Waals surface area contributed by atoms with E-state index in [1.807, 2.05) is 72.8 Å². The summed E-state index contributed by atoms with van der Waals surface area (Å²) in [6.45, 7) is 4.75. The van der Waals surface area contributed by atoms with Crippen LogP contribution in [-0.4, -0.2) is 74.4 Å². The standard InChI is InChI=1S/C35H36N5O6P/c1-2-19-38(35(43)36-21-26-9-4-3-5-10-26)39-24-33(41)40-31(20-25-15-17-29(18-16-25)46-47(44)45)34(42)37(23-32(39)40)22-28-13-8-12-27-11-6-7-14-30(27)28/h2-18,31-32,47H,1,19-24H2,(H,36,43)(H,44,45)/t31-,32+/m0/s1. The van der Waals surface area contributed by atoms with Crippen molar-refractivity contribution in [1.82, 2.24) is 25.1 Å². The van der Waals surface area contributed by atoms with Crippen molar-refractivity contribution in [1.29, 1.82) is 0 Å². The Kier molecular flexibility index (Phi) is 9.68. The van der Waals surface area contributed by atoms with Crippen molar-refractivity contribution in [3.05, 3.63) is 126 Å². The third-order valence-electron chi connectivity index (χ3n) is 8.50. The molecule has 2 fully saturated rings. The molecule has 0 radical (unpaired) electrons. The van der Waals surface area contributed by atoms with Crippen molar-refractivity contribution < 1.29 is 28.4 Å². The predicted molar refractivity (Wildman–Crippen MR) is 178 cm³/mol. The third kappa shape index (κ3) is 7.07. The molecule has 2 N–H and O–H groups in total. The molecule has 4 aromatic carbocycles. The molecule has 2 aliphatic heterocycles. The second kappa shape index (κ2) is 14.2. The molecule has 0 bridgehead atoms. The molecule has 0 spiro atoms. The molecule has 0 aromatic heterocycles. The Morgan fingerprint density at radius 1 is 0.979 bits per heavy atom. The summed E-state index contributed by atoms with van der Waals surface area (Å²) >= 11 is 0. The van der Waals surface area contributed by atoms with E-state index in [-0.39, 0.29) is 49.7 Å². The van der Waals surface area contributed by atoms with Gasteiger partial charge in [0.05, 0.1) is 19.6 Å². The van der Waals surface area contributed by atoms with Crippen LogP contribution in [0.4, 0.5) is 4.79 Å². The molecule has 12 heteroatoms. The molecule has 11 nitrogen and oxygen atoms in total. The number of nitrogens with one attached hydrogen (secondary N) is 1. The average Bonchev–Trinajstić information content (AvgIpc) is 3.40. The van der Waals surface area contributed by atoms with Gasteiger partial charge < -0.3 is 24.5 Å². The Balaban J connectivity index is 1.31. The van der Waals surface area contributed by atoms with Gasteiger partial charge in [0, 0.05) is 19.5 Å². The number of fused-ring (bicyclic) bond motifs is 2. The van der Waals surface area contributed by atoms with Crippen LogP contribution in [0, 0.1) is 0 Å². The fourth-order valence-electron chi connectivity index (χ4n) is 6.34. The van der Waals surface area contributed by atoms with Gasteiger partial charge in [0.1, 0.15) is 18.0 Å². The molecule has 47 heavy (non-hydrogen) atoms. The molecule has 0 saturated carbocycles. The lowest BCUT2D eigenvalue weighted by atomic mass is 9.99. The van der Waals surface area contributed by atoms with Crippen molar-refractivity contribution in [3.8, 4) is 5.75 Å². The number of rotatable bonds is 11. The summed E-state index contributed by atoms with van der Waals surface area (Å²) in [6.07, 6.45) is 1.21. The van der Waals surface area contributed by atoms with Crippen LogP contribution in [0.5, 0.6) is 5.75 Å². The summed E-state index contributed by atoms with van der Waals surface area (Å²) in [4.78, 5) is 54.1. The number of benzene rings is 4. The minimum atomic E-state index is -3.17. The fourth-order valence-corrected chi connectivity index (χ4v) is 6.67. The average molecular weight is 654 g/mol. The minimum Gasteiger partial charge on any atom is -0.426 e. The van der Waals surface area contributed by atoms with E-state index >= 15 is 0 Å². The van der Waals surface area contributed by atoms with Crippen LogP contribution < -0.4 is 9.84 Å². The van der Waals surface area contributed by atoms with Crippen LogP contribution in [0.25, 0.3) is 10.8 Å². The molecule has 2 saturated heterocycles. The SMILES string of the molecule is C=CCN(C(=O)NCc1ccccc1)N1CC(=O)N2[C@@H](Cc3ccc(O[PH](=O)O)cc3)C(=O)N(Cc3cccc4ccccc34)C[C@@H]21. The zero-order valence-corrected chi connectivity index (χ0v) is 26.7. The van der Waals surface area contributed by atoms with E-state index in [4.69, 9.17) is 9.42 Å². The van der Waals surface area contributed by atoms with Crippen molar-refractivity contribution in [2.75, 3.05) is 19.6 Å². The normalized spacial score (nSPS) is 18.6. The minimum absolute atomic E-state index is 0.0826. The first-order valence-electron chi connectivity index (χ1n) is 15.4. The highest BCUT2D eigenvalue weighted by Gasteiger charge is 2.52. The summed E-state index contributed by atoms with van der Waals surface area (Å²) in [5.74, 6) is -0.230. The molecular weight excluding hydrogens is 617 g/mol. The molecule has 4 amide bonds. The molecule has 1 unspecified atom stereocenters. The second-order valence-corrected chi connectivity index (χ2v) is 12.2. The number of hydrazine groups is 1. The summed E-state index contributed by atoms with van der Waals surface area (Å²) in [5, 5.41) is 8.28. The number of hydrogen-bond acceptors (Lipinski definition) is 6. The van der Waals surface area contributed by atoms with E-state index in [9.17, 15) is 18.9 Å². The summed E-state index contributed by atoms with van der Waals surface area (Å²) < 4.78 is 16.1. The smallest absolute Gasteiger partial charge is 0.365 e. The molecule has 0 aliphatic carbocycles. The molecular formula is C35H36N5O6P. The maximum atomic E-state index is 14.3. The van der Waals surface area contributed by atoms with E-state index < -0.39 is 20.5 Å². The largest absolute Gasteiger partial charge is 0.426 e. The molecule has 4 aromatic rings. The maximum Gasteiger partial charge on any atom is 0.365 e. The third-order valence-corrected chi connectivity index (χ3v) is 8.91. The Hall–Kier alpha value is -4.96. The Morgan fingerprint density at radius 2 is 1.70 bits per heavy atom. The number of nitrogens with zero attached hydrogens (tertiary/aromatic N) is 4. The molecule has 2 heterocycles. The summed E-state index contributed by atoms with van der Waals surface area (Å²) in [6, 6.07) is 28.9. The van der Waals surface area contributed by atoms with Crippen LogP contribution in [0.1, 0.15) is 16.7 Å². The number of carbonyl (C=O) groups is 3. The number of piperazine rings is 1. The zero-order valence-electron chi connectivity index (χ0n) is 25.7. The van der Waals surface area contributed by atoms with Gasteiger partial charge in [-0.15, -0.1) is 6.58 Å². The van der Waals surface area contributed by atoms with Crippen LogP contribution in [0.15, 0.2) is 110 Å². The van der Waals surface area contributed by atoms with E-state index in [1.165, 1.54) is 5.01 Å². The van der Waals surface area contributed by atoms with Gasteiger partial charge in [0.15, 0.2) is 0 Å². The highest BCUT2D eigenvalue weighted by molar-refractivity contribution is 7.32. The first-order valence-corrected chi connectivity index (χ1v) is 16.6. The van der Waals surface area contributed by atoms with Gasteiger partial charge in [-0.2, -0.15) is 5.01 Å². The Bertz CT molecular complexity index is 1800. The van der Waals surface area contributed by atoms with Crippen molar-refractivity contribution >= 4 is 36.9 Å². The van der Waals surface area contributed by atoms with E-state index in [2.05, 4.69) is 11.9 Å². The van der Waals surface area contributed by atoms with Gasteiger partial charge in [0.25, 0.3) is 0 Å². The monoisotopic (exact) mass is 653 g/mol. The Labute approximate surface area is 273 Å². The fraction of sp³-hybridized carbons (Fsp3) is 0.229. The van der Waals surface area contributed by atoms with Crippen molar-refractivity contribution in [2.24, 2.45) is 0 Å². The molecule has 242 valence electrons. The van der Waals surface area contributed by atoms with Crippen molar-refractivity contribution in [2.45, 2.75) is 31.7 Å². The molecule has 6 rings (SSSR count). The second-order valence-electron chi connectivity index (χ2n) is 11.5. The number of carbonyl (C=O) groups excluding carboxylic acids is 3. The van der Waals surface area contributed by atoms with Gasteiger partial charge in [-0.25, -0.2) is 9.36 Å². The highest BCUT2D eigenvalue weighted by Crippen LogP contribution is 2.32. The van der Waals surface area contributed by atoms with Gasteiger partial charge in [-0.1, -0.05) is 91.0 Å². The molecule has 2 aliphatic rings. The van der Waals surface area contributed by atoms with E-state index in [1.54, 1.807) is 45.2 Å². The van der Waals surface area contributed by atoms with Crippen LogP contribution >= 0.6 is 8.25 Å². The number of hydrogen-bond donors (Lipinski definition) is 2. The summed E-state index contributed by atoms with van der Waals surface area (Å²) in [7, 11) is -3.17. The first kappa shape index (κ1) is 32.0. The lowest BCUT2D eigenvalue weighted by Crippen LogP contribution is -2.66. The van der Waals surface area contributed by atoms with Gasteiger partial charge in [-0.3, -0.25) is 14.6 Å². The zero-order chi connectivity index (χ0) is 32.9. The Morgan fingerprint density at radius 3 is 2.45 bits per heavy atom. The van der Waals surface area contributed by atoms with Crippen LogP contribution in [0.2, 0.25) is 0 Å². The van der Waals surface area contributed by atoms with Gasteiger partial charge >= 0.3 is 14.3 Å². The first-order chi connectivity index (χ1) is 22.8. The van der Waals surface area contributed by atoms with E-state index in [0.29, 0.717) is 13.1 Å². The quantitative estimate of drug-likeness (QED) is 0.183. The topological polar surface area (TPSA) is 123 Å². The highest BCUT2D eigenvalue weighted by atomic mass is 31.1. The van der Waals surface area contributed by atoms with E-state index in [0.717, 1.165) is 27.5 Å². The maximum absolute atomic E-state index is 14.3. The lowest BCUT2D eigenvalue weighted by molar-refractivity contribution is -0.157. The summed E-state index contributed by atoms with van der Waals surface area (Å²) in [5.41, 5.74) is 2.66. The van der Waals surface area contributed by atoms with Crippen LogP contribution in [-0.2, 0) is 33.7 Å². The lowest BCUT2D eigenvalue weighted by Gasteiger charge is -2.46. The molecule has 3 atom stereocenters. The number of urea groups is 1. The van der Waals surface area contributed by atoms with Gasteiger partial charge in [0.2, 0.25) is 11.8 Å². The number of amides is 4. The van der Waals surface area contributed by atoms with Gasteiger partial charge in [-0.05, 0) is 39.6 Å².